The Balaban J connectivity index is 1.75. The second-order valence-corrected chi connectivity index (χ2v) is 7.20. The van der Waals surface area contributed by atoms with Crippen molar-refractivity contribution in [2.75, 3.05) is 32.2 Å². The number of anilines is 1. The van der Waals surface area contributed by atoms with Gasteiger partial charge in [0.25, 0.3) is 0 Å². The van der Waals surface area contributed by atoms with Crippen molar-refractivity contribution in [3.05, 3.63) is 36.2 Å². The van der Waals surface area contributed by atoms with Gasteiger partial charge in [0.2, 0.25) is 5.91 Å². The van der Waals surface area contributed by atoms with E-state index in [1.165, 1.54) is 0 Å². The number of carbonyl (C=O) groups is 1. The number of ether oxygens (including phenoxy) is 2. The highest BCUT2D eigenvalue weighted by Gasteiger charge is 2.26. The van der Waals surface area contributed by atoms with Crippen LogP contribution in [0.15, 0.2) is 30.5 Å². The van der Waals surface area contributed by atoms with E-state index in [4.69, 9.17) is 14.5 Å². The first-order valence-electron chi connectivity index (χ1n) is 9.60. The molecular formula is C21H25N5O3. The summed E-state index contributed by atoms with van der Waals surface area (Å²) in [6, 6.07) is 7.94. The first-order valence-corrected chi connectivity index (χ1v) is 9.60. The summed E-state index contributed by atoms with van der Waals surface area (Å²) < 4.78 is 12.7. The molecule has 0 radical (unpaired) electrons. The molecule has 1 aromatic carbocycles. The minimum atomic E-state index is 0.00381. The van der Waals surface area contributed by atoms with Crippen molar-refractivity contribution in [1.82, 2.24) is 19.9 Å². The Morgan fingerprint density at radius 3 is 2.72 bits per heavy atom. The first kappa shape index (κ1) is 19.0. The number of hydrogen-bond donors (Lipinski definition) is 1. The van der Waals surface area contributed by atoms with Crippen molar-refractivity contribution in [2.24, 2.45) is 0 Å². The Kier molecular flexibility index (Phi) is 5.00. The highest BCUT2D eigenvalue weighted by molar-refractivity contribution is 5.77. The fraction of sp³-hybridized carbons (Fsp3) is 0.381. The van der Waals surface area contributed by atoms with Crippen LogP contribution in [0.4, 0.5) is 5.69 Å². The molecule has 1 saturated heterocycles. The Bertz CT molecular complexity index is 1060. The summed E-state index contributed by atoms with van der Waals surface area (Å²) in [6.07, 6.45) is 2.70. The number of benzene rings is 1. The van der Waals surface area contributed by atoms with Crippen LogP contribution in [0.3, 0.4) is 0 Å². The number of imidazole rings is 1. The third-order valence-electron chi connectivity index (χ3n) is 5.27. The molecule has 4 rings (SSSR count). The molecule has 0 saturated carbocycles. The number of carbonyl (C=O) groups excluding carboxylic acids is 1. The molecule has 1 atom stereocenters. The summed E-state index contributed by atoms with van der Waals surface area (Å²) in [6.45, 7) is 5.16. The van der Waals surface area contributed by atoms with Crippen LogP contribution >= 0.6 is 0 Å². The largest absolute Gasteiger partial charge is 0.493 e. The quantitative estimate of drug-likeness (QED) is 0.715. The lowest BCUT2D eigenvalue weighted by atomic mass is 10.1. The van der Waals surface area contributed by atoms with Crippen molar-refractivity contribution < 1.29 is 14.3 Å². The lowest BCUT2D eigenvalue weighted by Crippen LogP contribution is -2.35. The van der Waals surface area contributed by atoms with Crippen molar-refractivity contribution in [3.63, 3.8) is 0 Å². The molecule has 1 N–H and O–H groups in total. The van der Waals surface area contributed by atoms with Gasteiger partial charge in [-0.3, -0.25) is 4.79 Å². The van der Waals surface area contributed by atoms with Gasteiger partial charge in [0.05, 0.1) is 37.5 Å². The van der Waals surface area contributed by atoms with E-state index in [9.17, 15) is 4.79 Å². The lowest BCUT2D eigenvalue weighted by molar-refractivity contribution is -0.119. The number of hydrogen-bond acceptors (Lipinski definition) is 6. The van der Waals surface area contributed by atoms with Gasteiger partial charge in [0, 0.05) is 31.6 Å². The van der Waals surface area contributed by atoms with Crippen LogP contribution in [0.25, 0.3) is 16.9 Å². The predicted octanol–water partition coefficient (Wildman–Crippen LogP) is 2.44. The molecule has 0 bridgehead atoms. The number of aromatic nitrogens is 3. The molecular weight excluding hydrogens is 370 g/mol. The zero-order valence-electron chi connectivity index (χ0n) is 17.1. The number of aryl methyl sites for hydroxylation is 1. The van der Waals surface area contributed by atoms with E-state index < -0.39 is 0 Å². The van der Waals surface area contributed by atoms with Gasteiger partial charge in [-0.25, -0.2) is 9.50 Å². The second kappa shape index (κ2) is 7.62. The molecule has 152 valence electrons. The number of amides is 1. The highest BCUT2D eigenvalue weighted by atomic mass is 16.5. The summed E-state index contributed by atoms with van der Waals surface area (Å²) in [7, 11) is 3.24. The van der Waals surface area contributed by atoms with Crippen LogP contribution < -0.4 is 19.7 Å². The Morgan fingerprint density at radius 2 is 2.00 bits per heavy atom. The maximum Gasteiger partial charge on any atom is 0.217 e. The predicted molar refractivity (Wildman–Crippen MR) is 111 cm³/mol. The van der Waals surface area contributed by atoms with E-state index in [2.05, 4.69) is 15.3 Å². The first-order chi connectivity index (χ1) is 14.0. The summed E-state index contributed by atoms with van der Waals surface area (Å²) in [5.41, 5.74) is 4.57. The number of rotatable bonds is 5. The Labute approximate surface area is 169 Å². The van der Waals surface area contributed by atoms with E-state index in [-0.39, 0.29) is 11.9 Å². The zero-order valence-corrected chi connectivity index (χ0v) is 17.1. The molecule has 0 spiro atoms. The van der Waals surface area contributed by atoms with Gasteiger partial charge in [-0.15, -0.1) is 0 Å². The minimum Gasteiger partial charge on any atom is -0.493 e. The van der Waals surface area contributed by atoms with E-state index >= 15 is 0 Å². The topological polar surface area (TPSA) is 81.0 Å². The zero-order chi connectivity index (χ0) is 20.5. The lowest BCUT2D eigenvalue weighted by Gasteiger charge is -2.19. The number of nitrogens with one attached hydrogen (secondary N) is 1. The SMILES string of the molecule is COc1ccc(-c2c(C)nc3c(N4CC[C@@H](NC(C)=O)C4)ccnn23)cc1OC. The van der Waals surface area contributed by atoms with Crippen LogP contribution in [-0.4, -0.2) is 53.9 Å². The molecule has 3 heterocycles. The molecule has 3 aromatic rings. The van der Waals surface area contributed by atoms with E-state index in [1.807, 2.05) is 35.7 Å². The summed E-state index contributed by atoms with van der Waals surface area (Å²) in [5, 5.41) is 7.57. The fourth-order valence-electron chi connectivity index (χ4n) is 3.99. The molecule has 1 fully saturated rings. The van der Waals surface area contributed by atoms with Crippen molar-refractivity contribution >= 4 is 17.2 Å². The van der Waals surface area contributed by atoms with Crippen LogP contribution in [-0.2, 0) is 4.79 Å². The van der Waals surface area contributed by atoms with Gasteiger partial charge in [-0.2, -0.15) is 5.10 Å². The van der Waals surface area contributed by atoms with E-state index in [1.54, 1.807) is 27.3 Å². The molecule has 1 aliphatic rings. The molecule has 8 heteroatoms. The van der Waals surface area contributed by atoms with Crippen molar-refractivity contribution in [3.8, 4) is 22.8 Å². The van der Waals surface area contributed by atoms with Gasteiger partial charge in [0.1, 0.15) is 0 Å². The van der Waals surface area contributed by atoms with Gasteiger partial charge in [-0.05, 0) is 37.6 Å². The third-order valence-corrected chi connectivity index (χ3v) is 5.27. The average Bonchev–Trinajstić information content (AvgIpc) is 3.30. The fourth-order valence-corrected chi connectivity index (χ4v) is 3.99. The third kappa shape index (κ3) is 3.46. The van der Waals surface area contributed by atoms with E-state index in [0.29, 0.717) is 11.5 Å². The maximum absolute atomic E-state index is 11.4. The van der Waals surface area contributed by atoms with Crippen LogP contribution in [0, 0.1) is 6.92 Å². The normalized spacial score (nSPS) is 16.3. The van der Waals surface area contributed by atoms with Gasteiger partial charge < -0.3 is 19.7 Å². The monoisotopic (exact) mass is 395 g/mol. The van der Waals surface area contributed by atoms with Gasteiger partial charge in [-0.1, -0.05) is 0 Å². The molecule has 2 aromatic heterocycles. The molecule has 1 aliphatic heterocycles. The summed E-state index contributed by atoms with van der Waals surface area (Å²) in [5.74, 6) is 1.34. The molecule has 29 heavy (non-hydrogen) atoms. The molecule has 0 aliphatic carbocycles. The number of nitrogens with zero attached hydrogens (tertiary/aromatic N) is 4. The smallest absolute Gasteiger partial charge is 0.217 e. The number of fused-ring (bicyclic) bond motifs is 1. The number of methoxy groups -OCH3 is 2. The van der Waals surface area contributed by atoms with Gasteiger partial charge in [0.15, 0.2) is 17.1 Å². The maximum atomic E-state index is 11.4. The summed E-state index contributed by atoms with van der Waals surface area (Å²) in [4.78, 5) is 18.5. The van der Waals surface area contributed by atoms with Crippen molar-refractivity contribution in [1.29, 1.82) is 0 Å². The Morgan fingerprint density at radius 1 is 1.21 bits per heavy atom. The van der Waals surface area contributed by atoms with E-state index in [0.717, 1.165) is 47.8 Å². The highest BCUT2D eigenvalue weighted by Crippen LogP contribution is 2.35. The van der Waals surface area contributed by atoms with Crippen LogP contribution in [0.2, 0.25) is 0 Å². The summed E-state index contributed by atoms with van der Waals surface area (Å²) >= 11 is 0. The van der Waals surface area contributed by atoms with Gasteiger partial charge >= 0.3 is 0 Å². The standard InChI is InChI=1S/C21H25N5O3/c1-13-20(15-5-6-18(28-3)19(11-15)29-4)26-21(23-13)17(7-9-22-26)25-10-8-16(12-25)24-14(2)27/h5-7,9,11,16H,8,10,12H2,1-4H3,(H,24,27)/t16-/m1/s1. The van der Waals surface area contributed by atoms with Crippen LogP contribution in [0.1, 0.15) is 19.0 Å². The minimum absolute atomic E-state index is 0.00381. The van der Waals surface area contributed by atoms with Crippen LogP contribution in [0.5, 0.6) is 11.5 Å². The average molecular weight is 395 g/mol. The second-order valence-electron chi connectivity index (χ2n) is 7.20. The molecule has 8 nitrogen and oxygen atoms in total. The Hall–Kier alpha value is -3.29. The molecule has 0 unspecified atom stereocenters. The molecule has 1 amide bonds. The van der Waals surface area contributed by atoms with Crippen molar-refractivity contribution in [2.45, 2.75) is 26.3 Å².